The first-order valence-electron chi connectivity index (χ1n) is 6.97. The van der Waals surface area contributed by atoms with Crippen molar-refractivity contribution in [3.63, 3.8) is 0 Å². The van der Waals surface area contributed by atoms with Gasteiger partial charge in [0.25, 0.3) is 10.0 Å². The average Bonchev–Trinajstić information content (AvgIpc) is 2.72. The summed E-state index contributed by atoms with van der Waals surface area (Å²) in [5.74, 6) is 0.176. The molecule has 0 saturated carbocycles. The van der Waals surface area contributed by atoms with Crippen molar-refractivity contribution in [2.45, 2.75) is 36.7 Å². The Morgan fingerprint density at radius 1 is 1.24 bits per heavy atom. The first kappa shape index (κ1) is 16.9. The lowest BCUT2D eigenvalue weighted by atomic mass is 10.3. The van der Waals surface area contributed by atoms with Gasteiger partial charge in [0.2, 0.25) is 0 Å². The number of sulfonamides is 1. The molecule has 1 aliphatic heterocycles. The number of nitrogens with zero attached hydrogens (tertiary/aromatic N) is 1. The Morgan fingerprint density at radius 3 is 2.33 bits per heavy atom. The minimum atomic E-state index is -3.53. The number of hydrogen-bond donors (Lipinski definition) is 0. The zero-order valence-electron chi connectivity index (χ0n) is 12.4. The summed E-state index contributed by atoms with van der Waals surface area (Å²) >= 11 is 1.26. The highest BCUT2D eigenvalue weighted by molar-refractivity contribution is 7.93. The Morgan fingerprint density at radius 2 is 1.86 bits per heavy atom. The largest absolute Gasteiger partial charge is 0.252 e. The fourth-order valence-corrected chi connectivity index (χ4v) is 7.42. The van der Waals surface area contributed by atoms with Crippen LogP contribution >= 0.6 is 11.3 Å². The van der Waals surface area contributed by atoms with Gasteiger partial charge in [0.15, 0.2) is 9.84 Å². The van der Waals surface area contributed by atoms with E-state index in [0.29, 0.717) is 4.21 Å². The summed E-state index contributed by atoms with van der Waals surface area (Å²) in [5.41, 5.74) is 0. The minimum absolute atomic E-state index is 0.0602. The van der Waals surface area contributed by atoms with Crippen molar-refractivity contribution >= 4 is 31.2 Å². The maximum absolute atomic E-state index is 12.4. The Kier molecular flexibility index (Phi) is 4.82. The van der Waals surface area contributed by atoms with E-state index < -0.39 is 25.1 Å². The number of sulfone groups is 1. The van der Waals surface area contributed by atoms with Crippen molar-refractivity contribution in [2.75, 3.05) is 18.8 Å². The molecule has 0 aliphatic carbocycles. The molecule has 8 heteroatoms. The molecule has 120 valence electrons. The van der Waals surface area contributed by atoms with Crippen LogP contribution in [0, 0.1) is 5.92 Å². The molecule has 0 atom stereocenters. The van der Waals surface area contributed by atoms with E-state index >= 15 is 0 Å². The molecule has 5 nitrogen and oxygen atoms in total. The molecule has 1 fully saturated rings. The van der Waals surface area contributed by atoms with Crippen LogP contribution in [0.15, 0.2) is 16.3 Å². The first-order chi connectivity index (χ1) is 9.66. The van der Waals surface area contributed by atoms with Gasteiger partial charge in [-0.1, -0.05) is 20.8 Å². The summed E-state index contributed by atoms with van der Waals surface area (Å²) in [6.07, 6.45) is 0.797. The van der Waals surface area contributed by atoms with Crippen molar-refractivity contribution in [1.82, 2.24) is 4.31 Å². The lowest BCUT2D eigenvalue weighted by molar-refractivity contribution is 0.310. The monoisotopic (exact) mass is 351 g/mol. The van der Waals surface area contributed by atoms with Crippen molar-refractivity contribution in [1.29, 1.82) is 0 Å². The molecule has 2 rings (SSSR count). The van der Waals surface area contributed by atoms with E-state index in [0.717, 1.165) is 11.3 Å². The van der Waals surface area contributed by atoms with Gasteiger partial charge in [0.05, 0.1) is 11.0 Å². The molecular formula is C13H21NO4S3. The topological polar surface area (TPSA) is 71.5 Å². The summed E-state index contributed by atoms with van der Waals surface area (Å²) in [5, 5.41) is -0.555. The van der Waals surface area contributed by atoms with Crippen LogP contribution in [0.5, 0.6) is 0 Å². The van der Waals surface area contributed by atoms with Crippen LogP contribution in [0.3, 0.4) is 0 Å². The fraction of sp³-hybridized carbons (Fsp3) is 0.692. The summed E-state index contributed by atoms with van der Waals surface area (Å²) in [4.78, 5) is 1.01. The molecule has 0 unspecified atom stereocenters. The third-order valence-electron chi connectivity index (χ3n) is 3.47. The van der Waals surface area contributed by atoms with Gasteiger partial charge in [-0.25, -0.2) is 16.8 Å². The Hall–Kier alpha value is -0.440. The standard InChI is InChI=1S/C13H21NO4S3/c1-4-11-5-6-13(19-11)21(17,18)14-7-12(8-14)20(15,16)9-10(2)3/h5-6,10,12H,4,7-9H2,1-3H3. The predicted octanol–water partition coefficient (Wildman–Crippen LogP) is 1.75. The number of hydrogen-bond acceptors (Lipinski definition) is 5. The average molecular weight is 352 g/mol. The van der Waals surface area contributed by atoms with Gasteiger partial charge < -0.3 is 0 Å². The minimum Gasteiger partial charge on any atom is -0.228 e. The third kappa shape index (κ3) is 3.49. The number of thiophene rings is 1. The molecule has 0 bridgehead atoms. The van der Waals surface area contributed by atoms with Gasteiger partial charge in [0.1, 0.15) is 4.21 Å². The van der Waals surface area contributed by atoms with E-state index in [-0.39, 0.29) is 24.8 Å². The normalized spacial score (nSPS) is 18.1. The maximum Gasteiger partial charge on any atom is 0.252 e. The summed E-state index contributed by atoms with van der Waals surface area (Å²) in [7, 11) is -6.73. The molecule has 1 aliphatic rings. The van der Waals surface area contributed by atoms with Crippen LogP contribution in [-0.4, -0.2) is 45.2 Å². The Bertz CT molecular complexity index is 698. The van der Waals surface area contributed by atoms with E-state index in [1.807, 2.05) is 26.8 Å². The molecule has 1 aromatic heterocycles. The highest BCUT2D eigenvalue weighted by Gasteiger charge is 2.43. The molecule has 0 amide bonds. The second-order valence-electron chi connectivity index (χ2n) is 5.74. The zero-order valence-corrected chi connectivity index (χ0v) is 14.9. The fourth-order valence-electron chi connectivity index (χ4n) is 2.24. The molecular weight excluding hydrogens is 330 g/mol. The maximum atomic E-state index is 12.4. The zero-order chi connectivity index (χ0) is 15.8. The van der Waals surface area contributed by atoms with Crippen molar-refractivity contribution < 1.29 is 16.8 Å². The second-order valence-corrected chi connectivity index (χ2v) is 11.4. The van der Waals surface area contributed by atoms with Crippen LogP contribution in [0.25, 0.3) is 0 Å². The van der Waals surface area contributed by atoms with Crippen LogP contribution in [-0.2, 0) is 26.3 Å². The van der Waals surface area contributed by atoms with Crippen LogP contribution < -0.4 is 0 Å². The second kappa shape index (κ2) is 5.98. The summed E-state index contributed by atoms with van der Waals surface area (Å²) in [6.45, 7) is 5.83. The van der Waals surface area contributed by atoms with E-state index in [9.17, 15) is 16.8 Å². The highest BCUT2D eigenvalue weighted by atomic mass is 32.2. The van der Waals surface area contributed by atoms with Crippen LogP contribution in [0.4, 0.5) is 0 Å². The lowest BCUT2D eigenvalue weighted by Gasteiger charge is -2.37. The quantitative estimate of drug-likeness (QED) is 0.783. The van der Waals surface area contributed by atoms with Crippen molar-refractivity contribution in [2.24, 2.45) is 5.92 Å². The predicted molar refractivity (Wildman–Crippen MR) is 84.9 cm³/mol. The molecule has 0 spiro atoms. The third-order valence-corrected chi connectivity index (χ3v) is 9.44. The van der Waals surface area contributed by atoms with Gasteiger partial charge in [-0.3, -0.25) is 0 Å². The van der Waals surface area contributed by atoms with Gasteiger partial charge in [-0.15, -0.1) is 11.3 Å². The Labute approximate surface area is 130 Å². The Balaban J connectivity index is 2.07. The van der Waals surface area contributed by atoms with Gasteiger partial charge >= 0.3 is 0 Å². The molecule has 0 aromatic carbocycles. The number of rotatable bonds is 6. The van der Waals surface area contributed by atoms with E-state index in [2.05, 4.69) is 0 Å². The van der Waals surface area contributed by atoms with Crippen molar-refractivity contribution in [3.05, 3.63) is 17.0 Å². The SMILES string of the molecule is CCc1ccc(S(=O)(=O)N2CC(S(=O)(=O)CC(C)C)C2)s1. The smallest absolute Gasteiger partial charge is 0.228 e. The lowest BCUT2D eigenvalue weighted by Crippen LogP contribution is -2.57. The van der Waals surface area contributed by atoms with Crippen LogP contribution in [0.2, 0.25) is 0 Å². The molecule has 2 heterocycles. The van der Waals surface area contributed by atoms with Gasteiger partial charge in [-0.05, 0) is 24.5 Å². The molecule has 0 radical (unpaired) electrons. The van der Waals surface area contributed by atoms with E-state index in [1.165, 1.54) is 15.6 Å². The van der Waals surface area contributed by atoms with E-state index in [1.54, 1.807) is 6.07 Å². The number of aryl methyl sites for hydroxylation is 1. The highest BCUT2D eigenvalue weighted by Crippen LogP contribution is 2.30. The molecule has 1 aromatic rings. The van der Waals surface area contributed by atoms with Crippen LogP contribution in [0.1, 0.15) is 25.6 Å². The van der Waals surface area contributed by atoms with E-state index in [4.69, 9.17) is 0 Å². The van der Waals surface area contributed by atoms with Crippen molar-refractivity contribution in [3.8, 4) is 0 Å². The van der Waals surface area contributed by atoms with Gasteiger partial charge in [0, 0.05) is 18.0 Å². The first-order valence-corrected chi connectivity index (χ1v) is 10.9. The summed E-state index contributed by atoms with van der Waals surface area (Å²) in [6, 6.07) is 3.42. The summed E-state index contributed by atoms with van der Waals surface area (Å²) < 4.78 is 50.5. The van der Waals surface area contributed by atoms with Gasteiger partial charge in [-0.2, -0.15) is 4.31 Å². The molecule has 0 N–H and O–H groups in total. The molecule has 1 saturated heterocycles. The molecule has 21 heavy (non-hydrogen) atoms.